The molecule has 0 bridgehead atoms. The molecule has 0 spiro atoms. The van der Waals surface area contributed by atoms with Crippen molar-refractivity contribution in [1.82, 2.24) is 5.06 Å². The first-order chi connectivity index (χ1) is 6.57. The average molecular weight is 258 g/mol. The molecule has 1 aromatic rings. The van der Waals surface area contributed by atoms with Crippen molar-refractivity contribution in [1.29, 1.82) is 0 Å². The van der Waals surface area contributed by atoms with Crippen LogP contribution in [-0.4, -0.2) is 25.1 Å². The lowest BCUT2D eigenvalue weighted by atomic mass is 10.1. The molecule has 0 aliphatic carbocycles. The lowest BCUT2D eigenvalue weighted by Crippen LogP contribution is -2.25. The van der Waals surface area contributed by atoms with Crippen molar-refractivity contribution in [3.05, 3.63) is 33.8 Å². The van der Waals surface area contributed by atoms with Crippen LogP contribution in [0.3, 0.4) is 0 Å². The van der Waals surface area contributed by atoms with E-state index in [0.29, 0.717) is 5.56 Å². The number of rotatable bonds is 2. The minimum absolute atomic E-state index is 0.164. The van der Waals surface area contributed by atoms with Crippen molar-refractivity contribution in [2.24, 2.45) is 0 Å². The molecule has 1 aromatic carbocycles. The summed E-state index contributed by atoms with van der Waals surface area (Å²) in [7, 11) is 3.04. The Balaban J connectivity index is 3.07. The molecule has 0 saturated carbocycles. The summed E-state index contributed by atoms with van der Waals surface area (Å²) in [6.07, 6.45) is 0. The van der Waals surface area contributed by atoms with Gasteiger partial charge in [-0.2, -0.15) is 0 Å². The van der Waals surface area contributed by atoms with Crippen molar-refractivity contribution in [2.75, 3.05) is 14.2 Å². The van der Waals surface area contributed by atoms with E-state index in [9.17, 15) is 4.79 Å². The smallest absolute Gasteiger partial charge is 0.274 e. The highest BCUT2D eigenvalue weighted by molar-refractivity contribution is 9.10. The second-order valence-electron chi connectivity index (χ2n) is 2.92. The largest absolute Gasteiger partial charge is 0.278 e. The average Bonchev–Trinajstić information content (AvgIpc) is 2.20. The number of amides is 1. The highest BCUT2D eigenvalue weighted by Gasteiger charge is 2.15. The lowest BCUT2D eigenvalue weighted by molar-refractivity contribution is -0.0757. The number of hydroxylamine groups is 2. The Morgan fingerprint density at radius 1 is 1.50 bits per heavy atom. The molecular weight excluding hydrogens is 246 g/mol. The topological polar surface area (TPSA) is 29.5 Å². The molecule has 3 nitrogen and oxygen atoms in total. The van der Waals surface area contributed by atoms with Gasteiger partial charge >= 0.3 is 0 Å². The first-order valence-corrected chi connectivity index (χ1v) is 4.94. The summed E-state index contributed by atoms with van der Waals surface area (Å²) in [6, 6.07) is 5.54. The molecule has 0 aliphatic heterocycles. The second-order valence-corrected chi connectivity index (χ2v) is 3.71. The number of halogens is 1. The molecule has 14 heavy (non-hydrogen) atoms. The molecule has 0 aliphatic rings. The zero-order chi connectivity index (χ0) is 10.7. The second kappa shape index (κ2) is 4.57. The molecular formula is C10H12BrNO2. The van der Waals surface area contributed by atoms with Crippen molar-refractivity contribution in [3.8, 4) is 0 Å². The van der Waals surface area contributed by atoms with Crippen LogP contribution in [0, 0.1) is 6.92 Å². The highest BCUT2D eigenvalue weighted by atomic mass is 79.9. The van der Waals surface area contributed by atoms with Crippen LogP contribution in [0.25, 0.3) is 0 Å². The molecule has 0 aromatic heterocycles. The summed E-state index contributed by atoms with van der Waals surface area (Å²) in [5.74, 6) is -0.164. The Hall–Kier alpha value is -0.870. The molecule has 76 valence electrons. The molecule has 1 amide bonds. The van der Waals surface area contributed by atoms with E-state index in [4.69, 9.17) is 4.84 Å². The SMILES string of the molecule is CON(C)C(=O)c1cccc(C)c1Br. The van der Waals surface area contributed by atoms with Crippen LogP contribution >= 0.6 is 15.9 Å². The van der Waals surface area contributed by atoms with Crippen LogP contribution in [-0.2, 0) is 4.84 Å². The highest BCUT2D eigenvalue weighted by Crippen LogP contribution is 2.21. The fourth-order valence-electron chi connectivity index (χ4n) is 1.07. The minimum atomic E-state index is -0.164. The van der Waals surface area contributed by atoms with Gasteiger partial charge in [-0.3, -0.25) is 9.63 Å². The normalized spacial score (nSPS) is 10.0. The van der Waals surface area contributed by atoms with E-state index in [1.165, 1.54) is 12.2 Å². The number of aryl methyl sites for hydroxylation is 1. The van der Waals surface area contributed by atoms with Gasteiger partial charge in [-0.15, -0.1) is 0 Å². The van der Waals surface area contributed by atoms with Crippen LogP contribution in [0.4, 0.5) is 0 Å². The van der Waals surface area contributed by atoms with Crippen molar-refractivity contribution in [2.45, 2.75) is 6.92 Å². The number of carbonyl (C=O) groups excluding carboxylic acids is 1. The summed E-state index contributed by atoms with van der Waals surface area (Å²) in [5, 5.41) is 1.19. The Bertz CT molecular complexity index is 352. The number of hydrogen-bond donors (Lipinski definition) is 0. The predicted molar refractivity (Wildman–Crippen MR) is 58.0 cm³/mol. The first kappa shape index (κ1) is 11.2. The maximum Gasteiger partial charge on any atom is 0.278 e. The third-order valence-corrected chi connectivity index (χ3v) is 3.03. The summed E-state index contributed by atoms with van der Waals surface area (Å²) >= 11 is 3.38. The van der Waals surface area contributed by atoms with Gasteiger partial charge in [0.05, 0.1) is 12.7 Å². The third kappa shape index (κ3) is 2.13. The fraction of sp³-hybridized carbons (Fsp3) is 0.300. The zero-order valence-corrected chi connectivity index (χ0v) is 9.96. The predicted octanol–water partition coefficient (Wildman–Crippen LogP) is 2.39. The maximum absolute atomic E-state index is 11.7. The van der Waals surface area contributed by atoms with Crippen LogP contribution in [0.1, 0.15) is 15.9 Å². The Kier molecular flexibility index (Phi) is 3.66. The van der Waals surface area contributed by atoms with Crippen LogP contribution in [0.2, 0.25) is 0 Å². The Morgan fingerprint density at radius 2 is 2.14 bits per heavy atom. The first-order valence-electron chi connectivity index (χ1n) is 4.15. The van der Waals surface area contributed by atoms with Crippen molar-refractivity contribution >= 4 is 21.8 Å². The zero-order valence-electron chi connectivity index (χ0n) is 8.37. The molecule has 0 fully saturated rings. The van der Waals surface area contributed by atoms with Gasteiger partial charge in [0, 0.05) is 11.5 Å². The van der Waals surface area contributed by atoms with Crippen LogP contribution < -0.4 is 0 Å². The number of carbonyl (C=O) groups is 1. The molecule has 4 heteroatoms. The summed E-state index contributed by atoms with van der Waals surface area (Å²) < 4.78 is 0.814. The lowest BCUT2D eigenvalue weighted by Gasteiger charge is -2.15. The van der Waals surface area contributed by atoms with Gasteiger partial charge in [-0.25, -0.2) is 5.06 Å². The Labute approximate surface area is 91.7 Å². The van der Waals surface area contributed by atoms with Gasteiger partial charge in [-0.05, 0) is 34.5 Å². The molecule has 0 heterocycles. The van der Waals surface area contributed by atoms with Crippen molar-refractivity contribution < 1.29 is 9.63 Å². The van der Waals surface area contributed by atoms with Crippen LogP contribution in [0.15, 0.2) is 22.7 Å². The van der Waals surface area contributed by atoms with E-state index in [2.05, 4.69) is 15.9 Å². The molecule has 1 rings (SSSR count). The number of benzene rings is 1. The minimum Gasteiger partial charge on any atom is -0.274 e. The number of nitrogens with zero attached hydrogens (tertiary/aromatic N) is 1. The van der Waals surface area contributed by atoms with Gasteiger partial charge < -0.3 is 0 Å². The Morgan fingerprint density at radius 3 is 2.71 bits per heavy atom. The van der Waals surface area contributed by atoms with Gasteiger partial charge in [0.15, 0.2) is 0 Å². The van der Waals surface area contributed by atoms with Crippen molar-refractivity contribution in [3.63, 3.8) is 0 Å². The summed E-state index contributed by atoms with van der Waals surface area (Å²) in [6.45, 7) is 1.94. The van der Waals surface area contributed by atoms with Gasteiger partial charge in [0.1, 0.15) is 0 Å². The standard InChI is InChI=1S/C10H12BrNO2/c1-7-5-4-6-8(9(7)11)10(13)12(2)14-3/h4-6H,1-3H3. The van der Waals surface area contributed by atoms with E-state index >= 15 is 0 Å². The van der Waals surface area contributed by atoms with Gasteiger partial charge in [-0.1, -0.05) is 12.1 Å². The number of hydrogen-bond acceptors (Lipinski definition) is 2. The fourth-order valence-corrected chi connectivity index (χ4v) is 1.50. The molecule has 0 N–H and O–H groups in total. The van der Waals surface area contributed by atoms with Gasteiger partial charge in [0.25, 0.3) is 5.91 Å². The van der Waals surface area contributed by atoms with Gasteiger partial charge in [0.2, 0.25) is 0 Å². The van der Waals surface area contributed by atoms with E-state index in [-0.39, 0.29) is 5.91 Å². The third-order valence-electron chi connectivity index (χ3n) is 1.98. The molecule has 0 radical (unpaired) electrons. The summed E-state index contributed by atoms with van der Waals surface area (Å²) in [5.41, 5.74) is 1.63. The van der Waals surface area contributed by atoms with Crippen LogP contribution in [0.5, 0.6) is 0 Å². The summed E-state index contributed by atoms with van der Waals surface area (Å²) in [4.78, 5) is 16.5. The van der Waals surface area contributed by atoms with E-state index < -0.39 is 0 Å². The van der Waals surface area contributed by atoms with E-state index in [1.807, 2.05) is 19.1 Å². The molecule has 0 unspecified atom stereocenters. The van der Waals surface area contributed by atoms with E-state index in [1.54, 1.807) is 13.1 Å². The quantitative estimate of drug-likeness (QED) is 0.762. The maximum atomic E-state index is 11.7. The van der Waals surface area contributed by atoms with E-state index in [0.717, 1.165) is 10.0 Å². The molecule has 0 saturated heterocycles. The monoisotopic (exact) mass is 257 g/mol. The molecule has 0 atom stereocenters.